The van der Waals surface area contributed by atoms with Gasteiger partial charge < -0.3 is 10.4 Å². The molecule has 17 heavy (non-hydrogen) atoms. The van der Waals surface area contributed by atoms with Crippen LogP contribution >= 0.6 is 31.9 Å². The highest BCUT2D eigenvalue weighted by Gasteiger charge is 2.37. The van der Waals surface area contributed by atoms with Crippen molar-refractivity contribution >= 4 is 37.8 Å². The van der Waals surface area contributed by atoms with Gasteiger partial charge in [0.15, 0.2) is 0 Å². The molecule has 2 N–H and O–H groups in total. The van der Waals surface area contributed by atoms with Crippen molar-refractivity contribution in [2.45, 2.75) is 24.8 Å². The zero-order chi connectivity index (χ0) is 12.5. The van der Waals surface area contributed by atoms with E-state index in [0.29, 0.717) is 10.0 Å². The maximum atomic E-state index is 12.0. The molecule has 5 heteroatoms. The molecule has 92 valence electrons. The van der Waals surface area contributed by atoms with E-state index >= 15 is 0 Å². The fourth-order valence-corrected chi connectivity index (χ4v) is 2.81. The lowest BCUT2D eigenvalue weighted by molar-refractivity contribution is 0.0856. The van der Waals surface area contributed by atoms with Crippen molar-refractivity contribution < 1.29 is 9.90 Å². The molecular formula is C12H13Br2NO2. The summed E-state index contributed by atoms with van der Waals surface area (Å²) < 4.78 is 0.591. The molecule has 0 aromatic heterocycles. The SMILES string of the molecule is O=C(NC1(CBr)CCC1)c1ccc(Br)c(O)c1. The van der Waals surface area contributed by atoms with Gasteiger partial charge in [-0.05, 0) is 53.4 Å². The largest absolute Gasteiger partial charge is 0.507 e. The fourth-order valence-electron chi connectivity index (χ4n) is 1.86. The van der Waals surface area contributed by atoms with Crippen molar-refractivity contribution in [1.82, 2.24) is 5.32 Å². The van der Waals surface area contributed by atoms with Crippen LogP contribution in [0.5, 0.6) is 5.75 Å². The number of carbonyl (C=O) groups is 1. The lowest BCUT2D eigenvalue weighted by atomic mass is 9.78. The van der Waals surface area contributed by atoms with Crippen molar-refractivity contribution in [2.75, 3.05) is 5.33 Å². The molecule has 0 atom stereocenters. The first-order valence-electron chi connectivity index (χ1n) is 5.43. The Morgan fingerprint density at radius 2 is 2.18 bits per heavy atom. The number of benzene rings is 1. The number of alkyl halides is 1. The Morgan fingerprint density at radius 1 is 1.47 bits per heavy atom. The van der Waals surface area contributed by atoms with Crippen LogP contribution in [0.3, 0.4) is 0 Å². The molecule has 2 rings (SSSR count). The molecular weight excluding hydrogens is 350 g/mol. The van der Waals surface area contributed by atoms with Crippen LogP contribution in [-0.4, -0.2) is 21.9 Å². The van der Waals surface area contributed by atoms with Crippen LogP contribution < -0.4 is 5.32 Å². The lowest BCUT2D eigenvalue weighted by Crippen LogP contribution is -2.54. The molecule has 1 aromatic rings. The first-order chi connectivity index (χ1) is 8.06. The first-order valence-corrected chi connectivity index (χ1v) is 7.35. The van der Waals surface area contributed by atoms with Gasteiger partial charge in [-0.25, -0.2) is 0 Å². The summed E-state index contributed by atoms with van der Waals surface area (Å²) in [4.78, 5) is 12.0. The molecule has 0 bridgehead atoms. The highest BCUT2D eigenvalue weighted by molar-refractivity contribution is 9.10. The van der Waals surface area contributed by atoms with Crippen molar-refractivity contribution in [3.63, 3.8) is 0 Å². The van der Waals surface area contributed by atoms with Gasteiger partial charge in [0.05, 0.1) is 10.0 Å². The van der Waals surface area contributed by atoms with Gasteiger partial charge in [-0.3, -0.25) is 4.79 Å². The van der Waals surface area contributed by atoms with Gasteiger partial charge in [0.2, 0.25) is 0 Å². The lowest BCUT2D eigenvalue weighted by Gasteiger charge is -2.41. The van der Waals surface area contributed by atoms with E-state index in [-0.39, 0.29) is 17.2 Å². The van der Waals surface area contributed by atoms with Crippen LogP contribution in [0.1, 0.15) is 29.6 Å². The van der Waals surface area contributed by atoms with Gasteiger partial charge in [0, 0.05) is 10.9 Å². The summed E-state index contributed by atoms with van der Waals surface area (Å²) in [5, 5.41) is 13.3. The third-order valence-electron chi connectivity index (χ3n) is 3.15. The van der Waals surface area contributed by atoms with Gasteiger partial charge in [0.1, 0.15) is 5.75 Å². The average Bonchev–Trinajstić information content (AvgIpc) is 2.27. The number of halogens is 2. The van der Waals surface area contributed by atoms with Gasteiger partial charge >= 0.3 is 0 Å². The summed E-state index contributed by atoms with van der Waals surface area (Å²) in [5.74, 6) is -0.0499. The summed E-state index contributed by atoms with van der Waals surface area (Å²) in [6, 6.07) is 4.84. The molecule has 1 aliphatic rings. The maximum Gasteiger partial charge on any atom is 0.251 e. The second-order valence-electron chi connectivity index (χ2n) is 4.39. The van der Waals surface area contributed by atoms with Crippen molar-refractivity contribution in [3.05, 3.63) is 28.2 Å². The van der Waals surface area contributed by atoms with E-state index in [2.05, 4.69) is 37.2 Å². The van der Waals surface area contributed by atoms with Crippen LogP contribution in [0.15, 0.2) is 22.7 Å². The molecule has 3 nitrogen and oxygen atoms in total. The minimum Gasteiger partial charge on any atom is -0.507 e. The average molecular weight is 363 g/mol. The van der Waals surface area contributed by atoms with E-state index < -0.39 is 0 Å². The molecule has 1 aliphatic carbocycles. The third-order valence-corrected chi connectivity index (χ3v) is 4.90. The van der Waals surface area contributed by atoms with E-state index in [1.54, 1.807) is 12.1 Å². The Bertz CT molecular complexity index is 439. The second-order valence-corrected chi connectivity index (χ2v) is 5.80. The summed E-state index contributed by atoms with van der Waals surface area (Å²) in [6.45, 7) is 0. The van der Waals surface area contributed by atoms with Crippen LogP contribution in [0.25, 0.3) is 0 Å². The molecule has 0 unspecified atom stereocenters. The fraction of sp³-hybridized carbons (Fsp3) is 0.417. The normalized spacial score (nSPS) is 17.3. The van der Waals surface area contributed by atoms with Crippen molar-refractivity contribution in [2.24, 2.45) is 0 Å². The highest BCUT2D eigenvalue weighted by atomic mass is 79.9. The van der Waals surface area contributed by atoms with E-state index in [1.807, 2.05) is 0 Å². The minimum absolute atomic E-state index is 0.0825. The highest BCUT2D eigenvalue weighted by Crippen LogP contribution is 2.34. The minimum atomic E-state index is -0.132. The van der Waals surface area contributed by atoms with E-state index in [9.17, 15) is 9.90 Å². The number of carbonyl (C=O) groups excluding carboxylic acids is 1. The third kappa shape index (κ3) is 2.65. The summed E-state index contributed by atoms with van der Waals surface area (Å²) in [6.07, 6.45) is 3.16. The topological polar surface area (TPSA) is 49.3 Å². The Hall–Kier alpha value is -0.550. The van der Waals surface area contributed by atoms with Gasteiger partial charge in [-0.15, -0.1) is 0 Å². The van der Waals surface area contributed by atoms with Crippen LogP contribution in [0.4, 0.5) is 0 Å². The second kappa shape index (κ2) is 4.98. The molecule has 1 saturated carbocycles. The number of hydrogen-bond donors (Lipinski definition) is 2. The Kier molecular flexibility index (Phi) is 3.78. The number of phenolic OH excluding ortho intramolecular Hbond substituents is 1. The molecule has 1 amide bonds. The smallest absolute Gasteiger partial charge is 0.251 e. The molecule has 0 saturated heterocycles. The van der Waals surface area contributed by atoms with E-state index in [4.69, 9.17) is 0 Å². The Balaban J connectivity index is 2.11. The number of amides is 1. The number of rotatable bonds is 3. The zero-order valence-electron chi connectivity index (χ0n) is 9.17. The van der Waals surface area contributed by atoms with Gasteiger partial charge in [-0.2, -0.15) is 0 Å². The monoisotopic (exact) mass is 361 g/mol. The quantitative estimate of drug-likeness (QED) is 0.811. The predicted molar refractivity (Wildman–Crippen MR) is 73.6 cm³/mol. The Morgan fingerprint density at radius 3 is 2.65 bits per heavy atom. The number of nitrogens with one attached hydrogen (secondary N) is 1. The van der Waals surface area contributed by atoms with E-state index in [1.165, 1.54) is 6.07 Å². The molecule has 0 heterocycles. The molecule has 1 aromatic carbocycles. The Labute approximate surface area is 117 Å². The maximum absolute atomic E-state index is 12.0. The molecule has 0 spiro atoms. The number of hydrogen-bond acceptors (Lipinski definition) is 2. The van der Waals surface area contributed by atoms with Gasteiger partial charge in [0.25, 0.3) is 5.91 Å². The van der Waals surface area contributed by atoms with Crippen LogP contribution in [0.2, 0.25) is 0 Å². The zero-order valence-corrected chi connectivity index (χ0v) is 12.3. The summed E-state index contributed by atoms with van der Waals surface area (Å²) >= 11 is 6.63. The first kappa shape index (κ1) is 12.9. The predicted octanol–water partition coefficient (Wildman–Crippen LogP) is 3.20. The summed E-state index contributed by atoms with van der Waals surface area (Å²) in [5.41, 5.74) is 0.387. The number of phenols is 1. The molecule has 0 radical (unpaired) electrons. The van der Waals surface area contributed by atoms with Gasteiger partial charge in [-0.1, -0.05) is 15.9 Å². The van der Waals surface area contributed by atoms with E-state index in [0.717, 1.165) is 24.6 Å². The summed E-state index contributed by atoms with van der Waals surface area (Å²) in [7, 11) is 0. The molecule has 0 aliphatic heterocycles. The van der Waals surface area contributed by atoms with Crippen molar-refractivity contribution in [3.8, 4) is 5.75 Å². The number of aromatic hydroxyl groups is 1. The standard InChI is InChI=1S/C12H13Br2NO2/c13-7-12(4-1-5-12)15-11(17)8-2-3-9(14)10(16)6-8/h2-3,6,16H,1,4-5,7H2,(H,15,17). The van der Waals surface area contributed by atoms with Crippen molar-refractivity contribution in [1.29, 1.82) is 0 Å². The van der Waals surface area contributed by atoms with Crippen LogP contribution in [-0.2, 0) is 0 Å². The molecule has 1 fully saturated rings. The van der Waals surface area contributed by atoms with Crippen LogP contribution in [0, 0.1) is 0 Å².